The van der Waals surface area contributed by atoms with Crippen LogP contribution in [0, 0.1) is 0 Å². The van der Waals surface area contributed by atoms with E-state index in [1.165, 1.54) is 148 Å². The largest absolute Gasteiger partial charge is 0.544 e. The lowest BCUT2D eigenvalue weighted by molar-refractivity contribution is -0.889. The van der Waals surface area contributed by atoms with Crippen LogP contribution < -0.4 is 5.11 Å². The second-order valence-electron chi connectivity index (χ2n) is 17.7. The van der Waals surface area contributed by atoms with Gasteiger partial charge in [-0.3, -0.25) is 9.59 Å². The Morgan fingerprint density at radius 3 is 1.28 bits per heavy atom. The fourth-order valence-electron chi connectivity index (χ4n) is 7.36. The van der Waals surface area contributed by atoms with Crippen LogP contribution in [0.25, 0.3) is 0 Å². The summed E-state index contributed by atoms with van der Waals surface area (Å²) in [6.07, 6.45) is 43.8. The van der Waals surface area contributed by atoms with E-state index in [-0.39, 0.29) is 42.7 Å². The molecule has 0 aliphatic rings. The summed E-state index contributed by atoms with van der Waals surface area (Å²) in [6, 6.07) is -0.723. The maximum absolute atomic E-state index is 12.7. The Morgan fingerprint density at radius 1 is 0.509 bits per heavy atom. The summed E-state index contributed by atoms with van der Waals surface area (Å²) in [4.78, 5) is 36.9. The Kier molecular flexibility index (Phi) is 39.4. The summed E-state index contributed by atoms with van der Waals surface area (Å²) in [5.74, 6) is -1.74. The van der Waals surface area contributed by atoms with Crippen molar-refractivity contribution >= 4 is 17.9 Å². The monoisotopic (exact) mass is 808 g/mol. The summed E-state index contributed by atoms with van der Waals surface area (Å²) in [6.45, 7) is 4.67. The van der Waals surface area contributed by atoms with E-state index in [2.05, 4.69) is 26.0 Å². The van der Waals surface area contributed by atoms with Crippen LogP contribution >= 0.6 is 0 Å². The third-order valence-corrected chi connectivity index (χ3v) is 11.2. The number of quaternary nitrogens is 1. The van der Waals surface area contributed by atoms with Crippen LogP contribution in [0.1, 0.15) is 232 Å². The van der Waals surface area contributed by atoms with E-state index >= 15 is 0 Å². The number of hydrogen-bond acceptors (Lipinski definition) is 7. The maximum atomic E-state index is 12.7. The van der Waals surface area contributed by atoms with Gasteiger partial charge in [0.25, 0.3) is 0 Å². The van der Waals surface area contributed by atoms with Crippen molar-refractivity contribution in [3.05, 3.63) is 12.2 Å². The standard InChI is InChI=1S/C49H93NO7/c1-6-8-10-12-14-16-18-20-21-22-23-24-25-26-28-30-32-34-36-38-40-48(52)57-45(43-55-42-41-46(49(53)54)50(3,4)5)44-56-47(51)39-37-35-33-31-29-27-19-17-15-13-11-9-7-2/h27,29,45-46H,6-26,28,30-44H2,1-5H3/b29-27+. The molecule has 0 aliphatic carbocycles. The molecule has 0 radical (unpaired) electrons. The third-order valence-electron chi connectivity index (χ3n) is 11.2. The van der Waals surface area contributed by atoms with Crippen molar-refractivity contribution in [2.24, 2.45) is 0 Å². The topological polar surface area (TPSA) is 102 Å². The fourth-order valence-corrected chi connectivity index (χ4v) is 7.36. The molecule has 0 saturated carbocycles. The van der Waals surface area contributed by atoms with Crippen molar-refractivity contribution in [2.45, 2.75) is 244 Å². The van der Waals surface area contributed by atoms with Crippen LogP contribution in [-0.4, -0.2) is 75.5 Å². The van der Waals surface area contributed by atoms with E-state index in [0.717, 1.165) is 51.4 Å². The number of nitrogens with zero attached hydrogens (tertiary/aromatic N) is 1. The lowest BCUT2D eigenvalue weighted by atomic mass is 10.0. The Balaban J connectivity index is 4.23. The molecule has 0 aliphatic heterocycles. The van der Waals surface area contributed by atoms with Crippen LogP contribution in [0.5, 0.6) is 0 Å². The SMILES string of the molecule is CCCCCCCC/C=C/CCCCCC(=O)OCC(COCCC(C(=O)[O-])[N+](C)(C)C)OC(=O)CCCCCCCCCCCCCCCCCCCCCC. The summed E-state index contributed by atoms with van der Waals surface area (Å²) < 4.78 is 17.2. The molecule has 57 heavy (non-hydrogen) atoms. The van der Waals surface area contributed by atoms with Crippen molar-refractivity contribution in [3.8, 4) is 0 Å². The molecule has 8 heteroatoms. The third kappa shape index (κ3) is 39.3. The fraction of sp³-hybridized carbons (Fsp3) is 0.898. The highest BCUT2D eigenvalue weighted by Crippen LogP contribution is 2.16. The van der Waals surface area contributed by atoms with Crippen molar-refractivity contribution in [2.75, 3.05) is 41.0 Å². The number of rotatable bonds is 44. The van der Waals surface area contributed by atoms with Gasteiger partial charge in [0.2, 0.25) is 0 Å². The molecule has 0 N–H and O–H groups in total. The highest BCUT2D eigenvalue weighted by atomic mass is 16.6. The zero-order chi connectivity index (χ0) is 42.1. The van der Waals surface area contributed by atoms with E-state index in [1.807, 2.05) is 0 Å². The van der Waals surface area contributed by atoms with E-state index < -0.39 is 18.1 Å². The van der Waals surface area contributed by atoms with Gasteiger partial charge in [-0.05, 0) is 38.5 Å². The number of carbonyl (C=O) groups is 3. The minimum atomic E-state index is -1.12. The van der Waals surface area contributed by atoms with Crippen molar-refractivity contribution in [3.63, 3.8) is 0 Å². The number of carboxylic acids is 1. The van der Waals surface area contributed by atoms with Gasteiger partial charge in [0.1, 0.15) is 12.6 Å². The van der Waals surface area contributed by atoms with Crippen LogP contribution in [0.3, 0.4) is 0 Å². The number of aliphatic carboxylic acids is 1. The van der Waals surface area contributed by atoms with E-state index in [9.17, 15) is 19.5 Å². The summed E-state index contributed by atoms with van der Waals surface area (Å²) in [5.41, 5.74) is 0. The first-order valence-corrected chi connectivity index (χ1v) is 24.2. The average molecular weight is 808 g/mol. The van der Waals surface area contributed by atoms with Gasteiger partial charge in [-0.1, -0.05) is 187 Å². The quantitative estimate of drug-likeness (QED) is 0.0261. The van der Waals surface area contributed by atoms with Gasteiger partial charge in [0.05, 0.1) is 40.3 Å². The molecular formula is C49H93NO7. The molecule has 0 aromatic carbocycles. The lowest BCUT2D eigenvalue weighted by Crippen LogP contribution is -2.55. The van der Waals surface area contributed by atoms with E-state index in [0.29, 0.717) is 12.8 Å². The first-order chi connectivity index (χ1) is 27.6. The second-order valence-corrected chi connectivity index (χ2v) is 17.7. The second kappa shape index (κ2) is 40.8. The van der Waals surface area contributed by atoms with Gasteiger partial charge in [0.15, 0.2) is 6.10 Å². The van der Waals surface area contributed by atoms with Gasteiger partial charge in [-0.15, -0.1) is 0 Å². The molecule has 336 valence electrons. The van der Waals surface area contributed by atoms with E-state index in [4.69, 9.17) is 14.2 Å². The van der Waals surface area contributed by atoms with Gasteiger partial charge in [0, 0.05) is 19.3 Å². The maximum Gasteiger partial charge on any atom is 0.306 e. The summed E-state index contributed by atoms with van der Waals surface area (Å²) >= 11 is 0. The smallest absolute Gasteiger partial charge is 0.306 e. The van der Waals surface area contributed by atoms with Crippen LogP contribution in [0.15, 0.2) is 12.2 Å². The van der Waals surface area contributed by atoms with Crippen molar-refractivity contribution in [1.29, 1.82) is 0 Å². The Hall–Kier alpha value is -1.93. The number of unbranched alkanes of at least 4 members (excludes halogenated alkanes) is 28. The Labute approximate surface area is 352 Å². The number of esters is 2. The number of carboxylic acid groups (broad SMARTS) is 1. The molecule has 0 spiro atoms. The first-order valence-electron chi connectivity index (χ1n) is 24.2. The molecule has 0 fully saturated rings. The zero-order valence-electron chi connectivity index (χ0n) is 38.3. The van der Waals surface area contributed by atoms with E-state index in [1.54, 1.807) is 21.1 Å². The lowest BCUT2D eigenvalue weighted by Gasteiger charge is -2.34. The van der Waals surface area contributed by atoms with Crippen LogP contribution in [-0.2, 0) is 28.6 Å². The number of carbonyl (C=O) groups excluding carboxylic acids is 3. The predicted octanol–water partition coefficient (Wildman–Crippen LogP) is 12.1. The molecule has 8 nitrogen and oxygen atoms in total. The van der Waals surface area contributed by atoms with Gasteiger partial charge in [-0.2, -0.15) is 0 Å². The Morgan fingerprint density at radius 2 is 0.877 bits per heavy atom. The van der Waals surface area contributed by atoms with Crippen molar-refractivity contribution < 1.29 is 38.2 Å². The molecule has 0 bridgehead atoms. The molecule has 0 aromatic rings. The molecular weight excluding hydrogens is 715 g/mol. The number of ether oxygens (including phenoxy) is 3. The highest BCUT2D eigenvalue weighted by molar-refractivity contribution is 5.70. The highest BCUT2D eigenvalue weighted by Gasteiger charge is 2.25. The van der Waals surface area contributed by atoms with Crippen molar-refractivity contribution in [1.82, 2.24) is 0 Å². The minimum Gasteiger partial charge on any atom is -0.544 e. The van der Waals surface area contributed by atoms with Gasteiger partial charge >= 0.3 is 11.9 Å². The summed E-state index contributed by atoms with van der Waals surface area (Å²) in [5, 5.41) is 11.6. The molecule has 2 unspecified atom stereocenters. The normalized spacial score (nSPS) is 12.9. The predicted molar refractivity (Wildman–Crippen MR) is 236 cm³/mol. The molecule has 0 rings (SSSR count). The molecule has 0 saturated heterocycles. The number of hydrogen-bond donors (Lipinski definition) is 0. The number of allylic oxidation sites excluding steroid dienone is 2. The van der Waals surface area contributed by atoms with Gasteiger partial charge in [-0.25, -0.2) is 0 Å². The van der Waals surface area contributed by atoms with Crippen LogP contribution in [0.4, 0.5) is 0 Å². The summed E-state index contributed by atoms with van der Waals surface area (Å²) in [7, 11) is 5.42. The Bertz CT molecular complexity index is 947. The van der Waals surface area contributed by atoms with Gasteiger partial charge < -0.3 is 28.6 Å². The number of likely N-dealkylation sites (N-methyl/N-ethyl adjacent to an activating group) is 1. The molecule has 0 heterocycles. The zero-order valence-corrected chi connectivity index (χ0v) is 38.3. The molecule has 2 atom stereocenters. The first kappa shape index (κ1) is 55.1. The molecule has 0 amide bonds. The average Bonchev–Trinajstić information content (AvgIpc) is 3.17. The van der Waals surface area contributed by atoms with Crippen LogP contribution in [0.2, 0.25) is 0 Å². The minimum absolute atomic E-state index is 0.0419. The molecule has 0 aromatic heterocycles.